The number of carbonyl (C=O) groups excluding carboxylic acids is 1. The van der Waals surface area contributed by atoms with Crippen molar-refractivity contribution in [1.29, 1.82) is 0 Å². The molecule has 1 heterocycles. The van der Waals surface area contributed by atoms with Crippen LogP contribution in [-0.4, -0.2) is 43.8 Å². The van der Waals surface area contributed by atoms with E-state index in [2.05, 4.69) is 17.0 Å². The number of nitrogens with zero attached hydrogens (tertiary/aromatic N) is 1. The van der Waals surface area contributed by atoms with Gasteiger partial charge < -0.3 is 14.2 Å². The Morgan fingerprint density at radius 1 is 1.12 bits per heavy atom. The molecule has 0 bridgehead atoms. The van der Waals surface area contributed by atoms with Gasteiger partial charge in [-0.05, 0) is 37.7 Å². The van der Waals surface area contributed by atoms with Crippen molar-refractivity contribution in [2.24, 2.45) is 0 Å². The Morgan fingerprint density at radius 3 is 2.54 bits per heavy atom. The van der Waals surface area contributed by atoms with E-state index in [4.69, 9.17) is 14.2 Å². The van der Waals surface area contributed by atoms with Gasteiger partial charge in [0.15, 0.2) is 11.5 Å². The molecule has 1 atom stereocenters. The molecule has 0 saturated carbocycles. The predicted molar refractivity (Wildman–Crippen MR) is 102 cm³/mol. The second-order valence-corrected chi connectivity index (χ2v) is 6.26. The molecule has 0 aromatic heterocycles. The van der Waals surface area contributed by atoms with Gasteiger partial charge in [0.2, 0.25) is 0 Å². The van der Waals surface area contributed by atoms with Crippen molar-refractivity contribution in [1.82, 2.24) is 4.90 Å². The van der Waals surface area contributed by atoms with Gasteiger partial charge in [-0.3, -0.25) is 4.90 Å². The standard InChI is InChI=1S/C20H23NO4.ClH/c1-15(13-21(2)14-16-6-4-3-5-7-16)25-20(22)17-8-9-18-19(12-17)24-11-10-23-18;/h3-9,12,15H,10-11,13-14H2,1-2H3;1H. The van der Waals surface area contributed by atoms with Crippen LogP contribution in [0.2, 0.25) is 0 Å². The maximum absolute atomic E-state index is 12.3. The fourth-order valence-corrected chi connectivity index (χ4v) is 2.86. The average molecular weight is 378 g/mol. The van der Waals surface area contributed by atoms with Crippen LogP contribution in [0.25, 0.3) is 0 Å². The second-order valence-electron chi connectivity index (χ2n) is 6.26. The lowest BCUT2D eigenvalue weighted by Crippen LogP contribution is -2.30. The summed E-state index contributed by atoms with van der Waals surface area (Å²) in [6.07, 6.45) is -0.214. The van der Waals surface area contributed by atoms with Crippen LogP contribution in [0, 0.1) is 0 Å². The van der Waals surface area contributed by atoms with E-state index < -0.39 is 0 Å². The number of fused-ring (bicyclic) bond motifs is 1. The Bertz CT molecular complexity index is 723. The van der Waals surface area contributed by atoms with E-state index in [-0.39, 0.29) is 24.5 Å². The topological polar surface area (TPSA) is 48.0 Å². The Kier molecular flexibility index (Phi) is 7.30. The van der Waals surface area contributed by atoms with E-state index in [1.165, 1.54) is 5.56 Å². The summed E-state index contributed by atoms with van der Waals surface area (Å²) < 4.78 is 16.5. The lowest BCUT2D eigenvalue weighted by Gasteiger charge is -2.22. The van der Waals surface area contributed by atoms with Crippen LogP contribution in [-0.2, 0) is 11.3 Å². The second kappa shape index (κ2) is 9.46. The van der Waals surface area contributed by atoms with Crippen molar-refractivity contribution in [3.63, 3.8) is 0 Å². The molecule has 2 aromatic carbocycles. The highest BCUT2D eigenvalue weighted by Crippen LogP contribution is 2.31. The highest BCUT2D eigenvalue weighted by molar-refractivity contribution is 5.90. The highest BCUT2D eigenvalue weighted by Gasteiger charge is 2.18. The van der Waals surface area contributed by atoms with Gasteiger partial charge in [0.25, 0.3) is 0 Å². The minimum absolute atomic E-state index is 0. The molecular weight excluding hydrogens is 354 g/mol. The molecule has 5 nitrogen and oxygen atoms in total. The van der Waals surface area contributed by atoms with Gasteiger partial charge in [0.05, 0.1) is 5.56 Å². The summed E-state index contributed by atoms with van der Waals surface area (Å²) in [6.45, 7) is 4.39. The number of rotatable bonds is 6. The quantitative estimate of drug-likeness (QED) is 0.720. The summed E-state index contributed by atoms with van der Waals surface area (Å²) >= 11 is 0. The van der Waals surface area contributed by atoms with Crippen LogP contribution in [0.15, 0.2) is 48.5 Å². The van der Waals surface area contributed by atoms with Crippen LogP contribution in [0.3, 0.4) is 0 Å². The maximum atomic E-state index is 12.3. The van der Waals surface area contributed by atoms with Crippen LogP contribution in [0.4, 0.5) is 0 Å². The summed E-state index contributed by atoms with van der Waals surface area (Å²) in [4.78, 5) is 14.5. The van der Waals surface area contributed by atoms with E-state index in [9.17, 15) is 4.79 Å². The first-order valence-electron chi connectivity index (χ1n) is 8.45. The van der Waals surface area contributed by atoms with E-state index in [0.29, 0.717) is 36.8 Å². The molecule has 1 aliphatic heterocycles. The van der Waals surface area contributed by atoms with Gasteiger partial charge in [0.1, 0.15) is 19.3 Å². The van der Waals surface area contributed by atoms with Gasteiger partial charge in [0, 0.05) is 13.1 Å². The summed E-state index contributed by atoms with van der Waals surface area (Å²) in [5, 5.41) is 0. The SMILES string of the molecule is CC(CN(C)Cc1ccccc1)OC(=O)c1ccc2c(c1)OCCO2.Cl. The molecule has 0 amide bonds. The minimum Gasteiger partial charge on any atom is -0.486 e. The van der Waals surface area contributed by atoms with Gasteiger partial charge in [-0.1, -0.05) is 30.3 Å². The molecule has 0 saturated heterocycles. The summed E-state index contributed by atoms with van der Waals surface area (Å²) in [6, 6.07) is 15.3. The summed E-state index contributed by atoms with van der Waals surface area (Å²) in [5.74, 6) is 0.908. The molecule has 6 heteroatoms. The normalized spacial score (nSPS) is 13.7. The zero-order valence-electron chi connectivity index (χ0n) is 15.0. The number of hydrogen-bond acceptors (Lipinski definition) is 5. The zero-order valence-corrected chi connectivity index (χ0v) is 15.8. The Morgan fingerprint density at radius 2 is 1.81 bits per heavy atom. The largest absolute Gasteiger partial charge is 0.486 e. The first kappa shape index (κ1) is 20.1. The van der Waals surface area contributed by atoms with Gasteiger partial charge in [-0.25, -0.2) is 4.79 Å². The molecule has 0 N–H and O–H groups in total. The van der Waals surface area contributed by atoms with E-state index in [0.717, 1.165) is 6.54 Å². The predicted octanol–water partition coefficient (Wildman–Crippen LogP) is 3.56. The van der Waals surface area contributed by atoms with Crippen molar-refractivity contribution in [2.75, 3.05) is 26.8 Å². The van der Waals surface area contributed by atoms with Crippen molar-refractivity contribution in [3.05, 3.63) is 59.7 Å². The van der Waals surface area contributed by atoms with Gasteiger partial charge in [-0.2, -0.15) is 0 Å². The van der Waals surface area contributed by atoms with Crippen molar-refractivity contribution >= 4 is 18.4 Å². The van der Waals surface area contributed by atoms with E-state index in [1.54, 1.807) is 18.2 Å². The fourth-order valence-electron chi connectivity index (χ4n) is 2.86. The average Bonchev–Trinajstić information content (AvgIpc) is 2.61. The van der Waals surface area contributed by atoms with Crippen molar-refractivity contribution < 1.29 is 19.0 Å². The lowest BCUT2D eigenvalue weighted by molar-refractivity contribution is 0.0267. The lowest BCUT2D eigenvalue weighted by atomic mass is 10.2. The molecule has 140 valence electrons. The zero-order chi connectivity index (χ0) is 17.6. The Balaban J connectivity index is 0.00000243. The van der Waals surface area contributed by atoms with Crippen LogP contribution < -0.4 is 9.47 Å². The number of hydrogen-bond donors (Lipinski definition) is 0. The first-order valence-corrected chi connectivity index (χ1v) is 8.45. The van der Waals surface area contributed by atoms with Crippen molar-refractivity contribution in [3.8, 4) is 11.5 Å². The fraction of sp³-hybridized carbons (Fsp3) is 0.350. The van der Waals surface area contributed by atoms with E-state index in [1.807, 2.05) is 32.2 Å². The number of ether oxygens (including phenoxy) is 3. The summed E-state index contributed by atoms with van der Waals surface area (Å²) in [5.41, 5.74) is 1.71. The Labute approximate surface area is 160 Å². The smallest absolute Gasteiger partial charge is 0.338 e. The molecule has 2 aromatic rings. The number of benzene rings is 2. The molecule has 1 unspecified atom stereocenters. The van der Waals surface area contributed by atoms with E-state index >= 15 is 0 Å². The van der Waals surface area contributed by atoms with Gasteiger partial charge >= 0.3 is 5.97 Å². The molecule has 0 radical (unpaired) electrons. The molecule has 26 heavy (non-hydrogen) atoms. The highest BCUT2D eigenvalue weighted by atomic mass is 35.5. The third kappa shape index (κ3) is 5.38. The Hall–Kier alpha value is -2.24. The van der Waals surface area contributed by atoms with Gasteiger partial charge in [-0.15, -0.1) is 12.4 Å². The molecule has 0 spiro atoms. The van der Waals surface area contributed by atoms with Crippen LogP contribution in [0.5, 0.6) is 11.5 Å². The molecule has 0 aliphatic carbocycles. The molecule has 3 rings (SSSR count). The van der Waals surface area contributed by atoms with Crippen molar-refractivity contribution in [2.45, 2.75) is 19.6 Å². The number of carbonyl (C=O) groups is 1. The number of esters is 1. The molecule has 1 aliphatic rings. The number of likely N-dealkylation sites (N-methyl/N-ethyl adjacent to an activating group) is 1. The maximum Gasteiger partial charge on any atom is 0.338 e. The third-order valence-corrected chi connectivity index (χ3v) is 3.95. The summed E-state index contributed by atoms with van der Waals surface area (Å²) in [7, 11) is 2.02. The number of halogens is 1. The minimum atomic E-state index is -0.349. The molecule has 0 fully saturated rings. The molecular formula is C20H24ClNO4. The monoisotopic (exact) mass is 377 g/mol. The van der Waals surface area contributed by atoms with Crippen LogP contribution in [0.1, 0.15) is 22.8 Å². The first-order chi connectivity index (χ1) is 12.1. The third-order valence-electron chi connectivity index (χ3n) is 3.95. The van der Waals surface area contributed by atoms with Crippen LogP contribution >= 0.6 is 12.4 Å².